The van der Waals surface area contributed by atoms with Crippen molar-refractivity contribution in [2.45, 2.75) is 32.2 Å². The van der Waals surface area contributed by atoms with Gasteiger partial charge in [0.15, 0.2) is 0 Å². The van der Waals surface area contributed by atoms with E-state index in [0.717, 1.165) is 18.4 Å². The minimum atomic E-state index is -0.167. The second kappa shape index (κ2) is 7.28. The van der Waals surface area contributed by atoms with Crippen LogP contribution in [-0.4, -0.2) is 11.6 Å². The molecule has 0 aromatic heterocycles. The number of halogens is 1. The van der Waals surface area contributed by atoms with Gasteiger partial charge in [-0.1, -0.05) is 36.2 Å². The number of amides is 1. The molecule has 0 aliphatic heterocycles. The SMILES string of the molecule is CC(=N)c1cc(C(=O)NC(c2ccccc2Cl)C2CCC2)ccc1N. The molecule has 5 heteroatoms. The summed E-state index contributed by atoms with van der Waals surface area (Å²) in [6.07, 6.45) is 3.35. The second-order valence-corrected chi connectivity index (χ2v) is 7.00. The molecule has 2 aromatic carbocycles. The summed E-state index contributed by atoms with van der Waals surface area (Å²) in [4.78, 5) is 12.8. The lowest BCUT2D eigenvalue weighted by Crippen LogP contribution is -2.36. The fourth-order valence-corrected chi connectivity index (χ4v) is 3.45. The molecule has 0 saturated heterocycles. The third-order valence-corrected chi connectivity index (χ3v) is 5.21. The molecule has 2 aromatic rings. The van der Waals surface area contributed by atoms with Gasteiger partial charge in [0.2, 0.25) is 0 Å². The van der Waals surface area contributed by atoms with Crippen LogP contribution in [0.15, 0.2) is 42.5 Å². The first-order chi connectivity index (χ1) is 12.0. The lowest BCUT2D eigenvalue weighted by atomic mass is 9.77. The van der Waals surface area contributed by atoms with Crippen molar-refractivity contribution in [3.8, 4) is 0 Å². The largest absolute Gasteiger partial charge is 0.398 e. The molecule has 0 radical (unpaired) electrons. The van der Waals surface area contributed by atoms with Crippen molar-refractivity contribution in [2.75, 3.05) is 5.73 Å². The first-order valence-corrected chi connectivity index (χ1v) is 8.85. The molecule has 4 N–H and O–H groups in total. The number of benzene rings is 2. The quantitative estimate of drug-likeness (QED) is 0.542. The molecule has 1 aliphatic rings. The van der Waals surface area contributed by atoms with Crippen LogP contribution in [-0.2, 0) is 0 Å². The fraction of sp³-hybridized carbons (Fsp3) is 0.300. The number of hydrogen-bond donors (Lipinski definition) is 3. The van der Waals surface area contributed by atoms with Gasteiger partial charge in [0.05, 0.1) is 6.04 Å². The predicted molar refractivity (Wildman–Crippen MR) is 102 cm³/mol. The first kappa shape index (κ1) is 17.5. The highest BCUT2D eigenvalue weighted by Crippen LogP contribution is 2.40. The topological polar surface area (TPSA) is 79.0 Å². The number of nitrogen functional groups attached to an aromatic ring is 1. The van der Waals surface area contributed by atoms with Crippen LogP contribution in [0.3, 0.4) is 0 Å². The van der Waals surface area contributed by atoms with Gasteiger partial charge < -0.3 is 16.5 Å². The molecule has 3 rings (SSSR count). The molecule has 1 unspecified atom stereocenters. The maximum absolute atomic E-state index is 12.8. The highest BCUT2D eigenvalue weighted by molar-refractivity contribution is 6.31. The average Bonchev–Trinajstić information content (AvgIpc) is 2.53. The zero-order chi connectivity index (χ0) is 18.0. The Balaban J connectivity index is 1.87. The van der Waals surface area contributed by atoms with Crippen molar-refractivity contribution in [3.05, 3.63) is 64.2 Å². The Morgan fingerprint density at radius 3 is 2.60 bits per heavy atom. The molecule has 1 saturated carbocycles. The van der Waals surface area contributed by atoms with E-state index in [0.29, 0.717) is 33.5 Å². The highest BCUT2D eigenvalue weighted by atomic mass is 35.5. The third kappa shape index (κ3) is 3.69. The van der Waals surface area contributed by atoms with E-state index in [2.05, 4.69) is 5.32 Å². The predicted octanol–water partition coefficient (Wildman–Crippen LogP) is 4.58. The number of nitrogens with one attached hydrogen (secondary N) is 2. The number of carbonyl (C=O) groups is 1. The van der Waals surface area contributed by atoms with Crippen LogP contribution >= 0.6 is 11.6 Å². The molecule has 1 atom stereocenters. The summed E-state index contributed by atoms with van der Waals surface area (Å²) in [6.45, 7) is 1.66. The maximum atomic E-state index is 12.8. The summed E-state index contributed by atoms with van der Waals surface area (Å²) in [5.41, 5.74) is 8.79. The van der Waals surface area contributed by atoms with Crippen LogP contribution in [0.25, 0.3) is 0 Å². The smallest absolute Gasteiger partial charge is 0.251 e. The van der Waals surface area contributed by atoms with Gasteiger partial charge in [0, 0.05) is 27.5 Å². The lowest BCUT2D eigenvalue weighted by molar-refractivity contribution is 0.0901. The molecule has 1 amide bonds. The summed E-state index contributed by atoms with van der Waals surface area (Å²) in [5, 5.41) is 11.6. The van der Waals surface area contributed by atoms with Crippen LogP contribution in [0.5, 0.6) is 0 Å². The number of nitrogens with two attached hydrogens (primary N) is 1. The van der Waals surface area contributed by atoms with Crippen molar-refractivity contribution in [1.29, 1.82) is 5.41 Å². The van der Waals surface area contributed by atoms with E-state index in [1.807, 2.05) is 24.3 Å². The molecule has 0 spiro atoms. The lowest BCUT2D eigenvalue weighted by Gasteiger charge is -2.35. The fourth-order valence-electron chi connectivity index (χ4n) is 3.20. The monoisotopic (exact) mass is 355 g/mol. The number of anilines is 1. The zero-order valence-electron chi connectivity index (χ0n) is 14.2. The van der Waals surface area contributed by atoms with E-state index in [-0.39, 0.29) is 11.9 Å². The normalized spacial score (nSPS) is 15.3. The summed E-state index contributed by atoms with van der Waals surface area (Å²) < 4.78 is 0. The van der Waals surface area contributed by atoms with Crippen LogP contribution in [0, 0.1) is 11.3 Å². The first-order valence-electron chi connectivity index (χ1n) is 8.47. The van der Waals surface area contributed by atoms with Crippen LogP contribution < -0.4 is 11.1 Å². The van der Waals surface area contributed by atoms with Gasteiger partial charge in [-0.3, -0.25) is 4.79 Å². The molecule has 1 fully saturated rings. The molecule has 0 bridgehead atoms. The Morgan fingerprint density at radius 1 is 1.28 bits per heavy atom. The van der Waals surface area contributed by atoms with E-state index in [1.54, 1.807) is 25.1 Å². The van der Waals surface area contributed by atoms with Crippen molar-refractivity contribution in [2.24, 2.45) is 5.92 Å². The van der Waals surface area contributed by atoms with E-state index in [1.165, 1.54) is 6.42 Å². The van der Waals surface area contributed by atoms with Crippen molar-refractivity contribution >= 4 is 28.9 Å². The van der Waals surface area contributed by atoms with E-state index >= 15 is 0 Å². The number of rotatable bonds is 5. The van der Waals surface area contributed by atoms with Crippen molar-refractivity contribution in [3.63, 3.8) is 0 Å². The zero-order valence-corrected chi connectivity index (χ0v) is 14.9. The van der Waals surface area contributed by atoms with Crippen LogP contribution in [0.4, 0.5) is 5.69 Å². The Hall–Kier alpha value is -2.33. The standard InChI is InChI=1S/C20H22ClN3O/c1-12(22)16-11-14(9-10-18(16)23)20(25)24-19(13-5-4-6-13)15-7-2-3-8-17(15)21/h2-3,7-11,13,19,22H,4-6,23H2,1H3,(H,24,25). The molecule has 130 valence electrons. The minimum Gasteiger partial charge on any atom is -0.398 e. The summed E-state index contributed by atoms with van der Waals surface area (Å²) >= 11 is 6.37. The molecule has 25 heavy (non-hydrogen) atoms. The number of carbonyl (C=O) groups excluding carboxylic acids is 1. The Morgan fingerprint density at radius 2 is 2.00 bits per heavy atom. The van der Waals surface area contributed by atoms with Gasteiger partial charge in [-0.05, 0) is 55.5 Å². The van der Waals surface area contributed by atoms with E-state index < -0.39 is 0 Å². The van der Waals surface area contributed by atoms with Gasteiger partial charge >= 0.3 is 0 Å². The summed E-state index contributed by atoms with van der Waals surface area (Å²) in [6, 6.07) is 12.6. The van der Waals surface area contributed by atoms with Gasteiger partial charge in [-0.15, -0.1) is 0 Å². The molecular formula is C20H22ClN3O. The molecule has 0 heterocycles. The Kier molecular flexibility index (Phi) is 5.09. The minimum absolute atomic E-state index is 0.1000. The van der Waals surface area contributed by atoms with Gasteiger partial charge in [-0.2, -0.15) is 0 Å². The molecular weight excluding hydrogens is 334 g/mol. The maximum Gasteiger partial charge on any atom is 0.251 e. The van der Waals surface area contributed by atoms with Crippen molar-refractivity contribution in [1.82, 2.24) is 5.32 Å². The van der Waals surface area contributed by atoms with Gasteiger partial charge in [-0.25, -0.2) is 0 Å². The third-order valence-electron chi connectivity index (χ3n) is 4.87. The molecule has 4 nitrogen and oxygen atoms in total. The summed E-state index contributed by atoms with van der Waals surface area (Å²) in [5.74, 6) is 0.237. The van der Waals surface area contributed by atoms with Gasteiger partial charge in [0.1, 0.15) is 0 Å². The van der Waals surface area contributed by atoms with Gasteiger partial charge in [0.25, 0.3) is 5.91 Å². The summed E-state index contributed by atoms with van der Waals surface area (Å²) in [7, 11) is 0. The Bertz CT molecular complexity index is 814. The second-order valence-electron chi connectivity index (χ2n) is 6.59. The van der Waals surface area contributed by atoms with Crippen molar-refractivity contribution < 1.29 is 4.79 Å². The highest BCUT2D eigenvalue weighted by Gasteiger charge is 2.31. The van der Waals surface area contributed by atoms with Crippen LogP contribution in [0.1, 0.15) is 53.7 Å². The average molecular weight is 356 g/mol. The number of hydrogen-bond acceptors (Lipinski definition) is 3. The Labute approximate surface area is 152 Å². The van der Waals surface area contributed by atoms with Crippen LogP contribution in [0.2, 0.25) is 5.02 Å². The molecule has 1 aliphatic carbocycles. The van der Waals surface area contributed by atoms with E-state index in [9.17, 15) is 4.79 Å². The van der Waals surface area contributed by atoms with E-state index in [4.69, 9.17) is 22.7 Å².